The highest BCUT2D eigenvalue weighted by atomic mass is 35.5. The van der Waals surface area contributed by atoms with Crippen molar-refractivity contribution in [3.8, 4) is 0 Å². The molecule has 0 spiro atoms. The van der Waals surface area contributed by atoms with E-state index in [4.69, 9.17) is 11.6 Å². The number of hydrogen-bond donors (Lipinski definition) is 1. The average molecular weight is 484 g/mol. The fraction of sp³-hybridized carbons (Fsp3) is 0.160. The van der Waals surface area contributed by atoms with Crippen molar-refractivity contribution in [2.45, 2.75) is 18.9 Å². The monoisotopic (exact) mass is 483 g/mol. The molecule has 1 aliphatic rings. The van der Waals surface area contributed by atoms with Crippen molar-refractivity contribution >= 4 is 46.3 Å². The lowest BCUT2D eigenvalue weighted by molar-refractivity contribution is 0.0977. The average Bonchev–Trinajstić information content (AvgIpc) is 2.81. The number of pyridine rings is 1. The minimum Gasteiger partial charge on any atom is -0.301 e. The number of amides is 1. The quantitative estimate of drug-likeness (QED) is 0.462. The molecule has 8 heteroatoms. The third-order valence-electron chi connectivity index (χ3n) is 5.27. The Hall–Kier alpha value is -3.03. The molecule has 33 heavy (non-hydrogen) atoms. The Balaban J connectivity index is 1.62. The van der Waals surface area contributed by atoms with Gasteiger partial charge in [-0.3, -0.25) is 14.8 Å². The number of hydrogen-bond acceptors (Lipinski definition) is 4. The summed E-state index contributed by atoms with van der Waals surface area (Å²) in [7, 11) is 0. The van der Waals surface area contributed by atoms with Crippen LogP contribution in [0, 0.1) is 5.82 Å². The van der Waals surface area contributed by atoms with E-state index in [0.717, 1.165) is 0 Å². The standard InChI is InChI=1S/C25H20ClF2N3OS/c1-25(11-12-33-24(31-25)30-23(32)17-5-3-2-4-6-17)19-13-16(7-9-20(19)27)14-21(28)22-10-8-18(26)15-29-22/h2-10,13-15H,11-12H2,1H3,(H,30,31,32)/b21-14-/t25-/m0/s1. The summed E-state index contributed by atoms with van der Waals surface area (Å²) in [5.41, 5.74) is 0.547. The lowest BCUT2D eigenvalue weighted by atomic mass is 9.88. The summed E-state index contributed by atoms with van der Waals surface area (Å²) in [5.74, 6) is -0.634. The number of halogens is 3. The number of aliphatic imine (C=N–C) groups is 1. The van der Waals surface area contributed by atoms with Gasteiger partial charge in [0.1, 0.15) is 11.6 Å². The fourth-order valence-electron chi connectivity index (χ4n) is 3.46. The molecule has 1 atom stereocenters. The fourth-order valence-corrected chi connectivity index (χ4v) is 4.69. The number of benzene rings is 2. The predicted molar refractivity (Wildman–Crippen MR) is 130 cm³/mol. The molecule has 0 aliphatic carbocycles. The molecule has 0 unspecified atom stereocenters. The first-order valence-electron chi connectivity index (χ1n) is 10.2. The summed E-state index contributed by atoms with van der Waals surface area (Å²) in [6, 6.07) is 16.2. The first-order valence-corrected chi connectivity index (χ1v) is 11.6. The van der Waals surface area contributed by atoms with Crippen LogP contribution in [0.2, 0.25) is 5.02 Å². The van der Waals surface area contributed by atoms with Gasteiger partial charge < -0.3 is 5.32 Å². The summed E-state index contributed by atoms with van der Waals surface area (Å²) in [5, 5.41) is 3.65. The largest absolute Gasteiger partial charge is 0.301 e. The SMILES string of the molecule is C[C@@]1(c2cc(/C=C(\F)c3ccc(Cl)cn3)ccc2F)CCSC(NC(=O)c2ccccc2)=N1. The van der Waals surface area contributed by atoms with Crippen LogP contribution in [0.1, 0.15) is 40.5 Å². The van der Waals surface area contributed by atoms with Crippen molar-refractivity contribution in [1.29, 1.82) is 0 Å². The third-order valence-corrected chi connectivity index (χ3v) is 6.37. The Morgan fingerprint density at radius 2 is 1.97 bits per heavy atom. The number of amidine groups is 1. The number of nitrogens with one attached hydrogen (secondary N) is 1. The molecule has 3 aromatic rings. The van der Waals surface area contributed by atoms with Crippen LogP contribution in [0.5, 0.6) is 0 Å². The minimum absolute atomic E-state index is 0.134. The first kappa shape index (κ1) is 23.1. The molecule has 0 fully saturated rings. The van der Waals surface area contributed by atoms with Crippen LogP contribution in [-0.4, -0.2) is 21.8 Å². The van der Waals surface area contributed by atoms with Gasteiger partial charge in [0.25, 0.3) is 5.91 Å². The van der Waals surface area contributed by atoms with Gasteiger partial charge in [-0.2, -0.15) is 0 Å². The van der Waals surface area contributed by atoms with E-state index < -0.39 is 17.2 Å². The van der Waals surface area contributed by atoms with Gasteiger partial charge >= 0.3 is 0 Å². The molecule has 0 saturated heterocycles. The maximum atomic E-state index is 14.9. The molecule has 0 bridgehead atoms. The molecule has 4 rings (SSSR count). The molecule has 1 aliphatic heterocycles. The Labute approximate surface area is 199 Å². The zero-order valence-corrected chi connectivity index (χ0v) is 19.3. The van der Waals surface area contributed by atoms with Crippen molar-refractivity contribution in [1.82, 2.24) is 10.3 Å². The summed E-state index contributed by atoms with van der Waals surface area (Å²) < 4.78 is 29.5. The molecule has 1 N–H and O–H groups in total. The van der Waals surface area contributed by atoms with E-state index in [0.29, 0.717) is 39.1 Å². The van der Waals surface area contributed by atoms with E-state index in [1.54, 1.807) is 36.4 Å². The number of rotatable bonds is 4. The van der Waals surface area contributed by atoms with Crippen molar-refractivity contribution in [2.75, 3.05) is 5.75 Å². The second-order valence-electron chi connectivity index (χ2n) is 7.70. The van der Waals surface area contributed by atoms with Crippen LogP contribution in [0.4, 0.5) is 8.78 Å². The number of carbonyl (C=O) groups is 1. The molecular weight excluding hydrogens is 464 g/mol. The Morgan fingerprint density at radius 1 is 1.18 bits per heavy atom. The second-order valence-corrected chi connectivity index (χ2v) is 9.22. The van der Waals surface area contributed by atoms with E-state index >= 15 is 0 Å². The first-order chi connectivity index (χ1) is 15.8. The topological polar surface area (TPSA) is 54.4 Å². The molecule has 2 heterocycles. The van der Waals surface area contributed by atoms with Gasteiger partial charge in [0.15, 0.2) is 5.17 Å². The second kappa shape index (κ2) is 9.85. The van der Waals surface area contributed by atoms with Crippen molar-refractivity contribution in [3.05, 3.63) is 100 Å². The maximum absolute atomic E-state index is 14.9. The Morgan fingerprint density at radius 3 is 2.70 bits per heavy atom. The highest BCUT2D eigenvalue weighted by Gasteiger charge is 2.33. The van der Waals surface area contributed by atoms with Crippen LogP contribution in [0.3, 0.4) is 0 Å². The van der Waals surface area contributed by atoms with Gasteiger partial charge in [0.05, 0.1) is 16.3 Å². The van der Waals surface area contributed by atoms with Gasteiger partial charge in [0, 0.05) is 23.1 Å². The van der Waals surface area contributed by atoms with E-state index in [1.165, 1.54) is 42.2 Å². The Kier molecular flexibility index (Phi) is 6.91. The van der Waals surface area contributed by atoms with Crippen LogP contribution < -0.4 is 5.32 Å². The van der Waals surface area contributed by atoms with Crippen LogP contribution in [0.15, 0.2) is 71.9 Å². The molecule has 0 radical (unpaired) electrons. The summed E-state index contributed by atoms with van der Waals surface area (Å²) >= 11 is 7.21. The number of carbonyl (C=O) groups excluding carboxylic acids is 1. The van der Waals surface area contributed by atoms with Gasteiger partial charge in [-0.15, -0.1) is 0 Å². The van der Waals surface area contributed by atoms with Gasteiger partial charge in [-0.05, 0) is 61.4 Å². The molecule has 1 amide bonds. The van der Waals surface area contributed by atoms with E-state index in [1.807, 2.05) is 13.0 Å². The van der Waals surface area contributed by atoms with Crippen LogP contribution in [0.25, 0.3) is 11.9 Å². The molecule has 0 saturated carbocycles. The maximum Gasteiger partial charge on any atom is 0.257 e. The lowest BCUT2D eigenvalue weighted by Gasteiger charge is -2.31. The van der Waals surface area contributed by atoms with Crippen molar-refractivity contribution in [3.63, 3.8) is 0 Å². The van der Waals surface area contributed by atoms with Crippen molar-refractivity contribution < 1.29 is 13.6 Å². The van der Waals surface area contributed by atoms with Gasteiger partial charge in [0.2, 0.25) is 0 Å². The number of thioether (sulfide) groups is 1. The zero-order valence-electron chi connectivity index (χ0n) is 17.7. The summed E-state index contributed by atoms with van der Waals surface area (Å²) in [4.78, 5) is 21.1. The number of aromatic nitrogens is 1. The number of nitrogens with zero attached hydrogens (tertiary/aromatic N) is 2. The lowest BCUT2D eigenvalue weighted by Crippen LogP contribution is -2.35. The van der Waals surface area contributed by atoms with Gasteiger partial charge in [-0.25, -0.2) is 8.78 Å². The molecule has 2 aromatic carbocycles. The zero-order chi connectivity index (χ0) is 23.4. The summed E-state index contributed by atoms with van der Waals surface area (Å²) in [6.07, 6.45) is 3.22. The predicted octanol–water partition coefficient (Wildman–Crippen LogP) is 6.48. The van der Waals surface area contributed by atoms with Gasteiger partial charge in [-0.1, -0.05) is 47.6 Å². The Bertz CT molecular complexity index is 1230. The normalized spacial score (nSPS) is 18.5. The third kappa shape index (κ3) is 5.49. The highest BCUT2D eigenvalue weighted by molar-refractivity contribution is 8.13. The van der Waals surface area contributed by atoms with E-state index in [-0.39, 0.29) is 11.6 Å². The molecular formula is C25H20ClF2N3OS. The van der Waals surface area contributed by atoms with E-state index in [9.17, 15) is 13.6 Å². The highest BCUT2D eigenvalue weighted by Crippen LogP contribution is 2.37. The van der Waals surface area contributed by atoms with Crippen LogP contribution in [-0.2, 0) is 5.54 Å². The summed E-state index contributed by atoms with van der Waals surface area (Å²) in [6.45, 7) is 1.81. The van der Waals surface area contributed by atoms with Crippen LogP contribution >= 0.6 is 23.4 Å². The smallest absolute Gasteiger partial charge is 0.257 e. The minimum atomic E-state index is -0.909. The van der Waals surface area contributed by atoms with E-state index in [2.05, 4.69) is 15.3 Å². The molecule has 4 nitrogen and oxygen atoms in total. The van der Waals surface area contributed by atoms with Crippen molar-refractivity contribution in [2.24, 2.45) is 4.99 Å². The molecule has 1 aromatic heterocycles. The molecule has 168 valence electrons.